The van der Waals surface area contributed by atoms with Gasteiger partial charge in [0, 0.05) is 19.1 Å². The van der Waals surface area contributed by atoms with Gasteiger partial charge in [0.05, 0.1) is 0 Å². The highest BCUT2D eigenvalue weighted by Crippen LogP contribution is 2.20. The first-order valence-corrected chi connectivity index (χ1v) is 7.89. The van der Waals surface area contributed by atoms with Crippen LogP contribution in [0.2, 0.25) is 0 Å². The van der Waals surface area contributed by atoms with Gasteiger partial charge in [-0.05, 0) is 37.4 Å². The molecule has 0 radical (unpaired) electrons. The molecule has 0 heterocycles. The molecule has 0 bridgehead atoms. The first-order valence-electron chi connectivity index (χ1n) is 7.89. The van der Waals surface area contributed by atoms with E-state index < -0.39 is 0 Å². The van der Waals surface area contributed by atoms with Crippen molar-refractivity contribution in [2.45, 2.75) is 46.6 Å². The molecule has 0 amide bonds. The Bertz CT molecular complexity index is 353. The lowest BCUT2D eigenvalue weighted by molar-refractivity contribution is 0.195. The Morgan fingerprint density at radius 2 is 1.80 bits per heavy atom. The van der Waals surface area contributed by atoms with Crippen molar-refractivity contribution in [2.75, 3.05) is 26.7 Å². The van der Waals surface area contributed by atoms with Crippen LogP contribution in [0.4, 0.5) is 0 Å². The smallest absolute Gasteiger partial charge is 0.0243 e. The molecule has 0 aliphatic heterocycles. The van der Waals surface area contributed by atoms with Crippen LogP contribution < -0.4 is 5.32 Å². The summed E-state index contributed by atoms with van der Waals surface area (Å²) in [5, 5.41) is 3.70. The summed E-state index contributed by atoms with van der Waals surface area (Å²) in [4.78, 5) is 2.45. The highest BCUT2D eigenvalue weighted by atomic mass is 15.1. The zero-order valence-electron chi connectivity index (χ0n) is 13.9. The van der Waals surface area contributed by atoms with E-state index in [4.69, 9.17) is 0 Å². The first kappa shape index (κ1) is 17.2. The third kappa shape index (κ3) is 6.53. The quantitative estimate of drug-likeness (QED) is 0.781. The Labute approximate surface area is 125 Å². The summed E-state index contributed by atoms with van der Waals surface area (Å²) in [5.41, 5.74) is 1.73. The lowest BCUT2D eigenvalue weighted by atomic mass is 9.86. The molecule has 20 heavy (non-hydrogen) atoms. The Morgan fingerprint density at radius 3 is 2.35 bits per heavy atom. The third-order valence-corrected chi connectivity index (χ3v) is 3.81. The minimum absolute atomic E-state index is 0.302. The van der Waals surface area contributed by atoms with E-state index in [1.54, 1.807) is 0 Å². The van der Waals surface area contributed by atoms with Gasteiger partial charge in [0.15, 0.2) is 0 Å². The van der Waals surface area contributed by atoms with Gasteiger partial charge < -0.3 is 10.2 Å². The van der Waals surface area contributed by atoms with E-state index in [1.165, 1.54) is 12.0 Å². The number of hydrogen-bond donors (Lipinski definition) is 1. The lowest BCUT2D eigenvalue weighted by Gasteiger charge is -2.35. The molecule has 1 aromatic carbocycles. The van der Waals surface area contributed by atoms with Crippen LogP contribution in [-0.2, 0) is 6.42 Å². The molecule has 1 N–H and O–H groups in total. The maximum atomic E-state index is 3.70. The van der Waals surface area contributed by atoms with Crippen molar-refractivity contribution in [3.05, 3.63) is 35.9 Å². The van der Waals surface area contributed by atoms with Crippen molar-refractivity contribution in [3.8, 4) is 0 Å². The molecule has 2 nitrogen and oxygen atoms in total. The van der Waals surface area contributed by atoms with E-state index >= 15 is 0 Å². The molecule has 0 aliphatic carbocycles. The minimum atomic E-state index is 0.302. The Hall–Kier alpha value is -0.860. The molecular formula is C18H32N2. The molecule has 1 unspecified atom stereocenters. The number of likely N-dealkylation sites (N-methyl/N-ethyl adjacent to an activating group) is 1. The van der Waals surface area contributed by atoms with Gasteiger partial charge in [0.1, 0.15) is 0 Å². The maximum absolute atomic E-state index is 3.70. The van der Waals surface area contributed by atoms with Gasteiger partial charge >= 0.3 is 0 Å². The zero-order valence-corrected chi connectivity index (χ0v) is 13.9. The Morgan fingerprint density at radius 1 is 1.15 bits per heavy atom. The third-order valence-electron chi connectivity index (χ3n) is 3.81. The van der Waals surface area contributed by atoms with Gasteiger partial charge in [-0.25, -0.2) is 0 Å². The second kappa shape index (κ2) is 8.43. The van der Waals surface area contributed by atoms with Gasteiger partial charge in [-0.15, -0.1) is 0 Å². The molecule has 114 valence electrons. The highest BCUT2D eigenvalue weighted by molar-refractivity contribution is 5.14. The van der Waals surface area contributed by atoms with Gasteiger partial charge in [0.25, 0.3) is 0 Å². The molecule has 1 rings (SSSR count). The fourth-order valence-corrected chi connectivity index (χ4v) is 2.33. The standard InChI is InChI=1S/C18H32N2/c1-6-13-19-17(18(2,3)4)15-20(5)14-12-16-10-8-7-9-11-16/h7-11,17,19H,6,12-15H2,1-5H3. The Kier molecular flexibility index (Phi) is 7.25. The second-order valence-corrected chi connectivity index (χ2v) is 6.87. The summed E-state index contributed by atoms with van der Waals surface area (Å²) < 4.78 is 0. The molecule has 0 aliphatic rings. The second-order valence-electron chi connectivity index (χ2n) is 6.87. The van der Waals surface area contributed by atoms with Crippen molar-refractivity contribution in [3.63, 3.8) is 0 Å². The number of nitrogens with one attached hydrogen (secondary N) is 1. The molecule has 1 atom stereocenters. The van der Waals surface area contributed by atoms with Crippen LogP contribution in [0, 0.1) is 5.41 Å². The van der Waals surface area contributed by atoms with Crippen LogP contribution in [0.1, 0.15) is 39.7 Å². The summed E-state index contributed by atoms with van der Waals surface area (Å²) in [6.45, 7) is 12.5. The number of hydrogen-bond acceptors (Lipinski definition) is 2. The molecule has 0 spiro atoms. The van der Waals surface area contributed by atoms with Crippen LogP contribution in [0.15, 0.2) is 30.3 Å². The van der Waals surface area contributed by atoms with Gasteiger partial charge in [0.2, 0.25) is 0 Å². The van der Waals surface area contributed by atoms with Crippen molar-refractivity contribution in [1.82, 2.24) is 10.2 Å². The summed E-state index contributed by atoms with van der Waals surface area (Å²) >= 11 is 0. The van der Waals surface area contributed by atoms with E-state index in [-0.39, 0.29) is 0 Å². The van der Waals surface area contributed by atoms with Gasteiger partial charge in [-0.3, -0.25) is 0 Å². The number of rotatable bonds is 8. The predicted molar refractivity (Wildman–Crippen MR) is 89.2 cm³/mol. The van der Waals surface area contributed by atoms with E-state index in [9.17, 15) is 0 Å². The molecule has 0 saturated carbocycles. The predicted octanol–water partition coefficient (Wildman–Crippen LogP) is 3.58. The summed E-state index contributed by atoms with van der Waals surface area (Å²) in [7, 11) is 2.23. The van der Waals surface area contributed by atoms with E-state index in [0.29, 0.717) is 11.5 Å². The summed E-state index contributed by atoms with van der Waals surface area (Å²) in [6.07, 6.45) is 2.32. The molecule has 2 heteroatoms. The molecule has 0 saturated heterocycles. The van der Waals surface area contributed by atoms with E-state index in [1.807, 2.05) is 0 Å². The van der Waals surface area contributed by atoms with Crippen LogP contribution >= 0.6 is 0 Å². The maximum Gasteiger partial charge on any atom is 0.0243 e. The number of nitrogens with zero attached hydrogens (tertiary/aromatic N) is 1. The van der Waals surface area contributed by atoms with Crippen molar-refractivity contribution < 1.29 is 0 Å². The molecule has 1 aromatic rings. The van der Waals surface area contributed by atoms with E-state index in [2.05, 4.69) is 75.3 Å². The van der Waals surface area contributed by atoms with Gasteiger partial charge in [-0.1, -0.05) is 58.0 Å². The summed E-state index contributed by atoms with van der Waals surface area (Å²) in [6, 6.07) is 11.3. The summed E-state index contributed by atoms with van der Waals surface area (Å²) in [5.74, 6) is 0. The van der Waals surface area contributed by atoms with Crippen molar-refractivity contribution in [1.29, 1.82) is 0 Å². The van der Waals surface area contributed by atoms with Crippen LogP contribution in [0.25, 0.3) is 0 Å². The highest BCUT2D eigenvalue weighted by Gasteiger charge is 2.24. The van der Waals surface area contributed by atoms with Crippen molar-refractivity contribution in [2.24, 2.45) is 5.41 Å². The lowest BCUT2D eigenvalue weighted by Crippen LogP contribution is -2.48. The average molecular weight is 276 g/mol. The fraction of sp³-hybridized carbons (Fsp3) is 0.667. The normalized spacial score (nSPS) is 13.7. The van der Waals surface area contributed by atoms with Crippen LogP contribution in [0.3, 0.4) is 0 Å². The largest absolute Gasteiger partial charge is 0.312 e. The average Bonchev–Trinajstić information content (AvgIpc) is 2.41. The van der Waals surface area contributed by atoms with E-state index in [0.717, 1.165) is 26.1 Å². The first-order chi connectivity index (χ1) is 9.43. The van der Waals surface area contributed by atoms with Gasteiger partial charge in [-0.2, -0.15) is 0 Å². The number of benzene rings is 1. The monoisotopic (exact) mass is 276 g/mol. The SMILES string of the molecule is CCCNC(CN(C)CCc1ccccc1)C(C)(C)C. The molecular weight excluding hydrogens is 244 g/mol. The zero-order chi connectivity index (χ0) is 15.0. The topological polar surface area (TPSA) is 15.3 Å². The van der Waals surface area contributed by atoms with Crippen LogP contribution in [-0.4, -0.2) is 37.6 Å². The van der Waals surface area contributed by atoms with Crippen molar-refractivity contribution >= 4 is 0 Å². The molecule has 0 aromatic heterocycles. The fourth-order valence-electron chi connectivity index (χ4n) is 2.33. The minimum Gasteiger partial charge on any atom is -0.312 e. The molecule has 0 fully saturated rings. The Balaban J connectivity index is 2.43. The van der Waals surface area contributed by atoms with Crippen LogP contribution in [0.5, 0.6) is 0 Å².